The van der Waals surface area contributed by atoms with Crippen LogP contribution in [-0.2, 0) is 4.74 Å². The Kier molecular flexibility index (Phi) is 6.19. The summed E-state index contributed by atoms with van der Waals surface area (Å²) >= 11 is 0. The summed E-state index contributed by atoms with van der Waals surface area (Å²) in [5.41, 5.74) is 0.373. The zero-order valence-corrected chi connectivity index (χ0v) is 17.0. The van der Waals surface area contributed by atoms with E-state index in [2.05, 4.69) is 0 Å². The van der Waals surface area contributed by atoms with Crippen molar-refractivity contribution in [1.29, 1.82) is 0 Å². The number of fused-ring (bicyclic) bond motifs is 1. The second-order valence-electron chi connectivity index (χ2n) is 7.65. The number of hydrogen-bond acceptors (Lipinski definition) is 5. The van der Waals surface area contributed by atoms with E-state index in [-0.39, 0.29) is 29.8 Å². The van der Waals surface area contributed by atoms with E-state index in [1.807, 2.05) is 0 Å². The molecule has 10 heteroatoms. The van der Waals surface area contributed by atoms with E-state index in [0.717, 1.165) is 9.80 Å². The van der Waals surface area contributed by atoms with Crippen molar-refractivity contribution in [2.75, 3.05) is 40.4 Å². The Labute approximate surface area is 172 Å². The minimum Gasteiger partial charge on any atom is -0.385 e. The van der Waals surface area contributed by atoms with Crippen LogP contribution in [0, 0.1) is 0 Å². The van der Waals surface area contributed by atoms with Crippen LogP contribution in [0.3, 0.4) is 0 Å². The largest absolute Gasteiger partial charge is 0.405 e. The van der Waals surface area contributed by atoms with Crippen LogP contribution in [0.25, 0.3) is 0 Å². The molecule has 0 bridgehead atoms. The molecule has 3 rings (SSSR count). The fourth-order valence-electron chi connectivity index (χ4n) is 3.84. The minimum absolute atomic E-state index is 0.0892. The van der Waals surface area contributed by atoms with Gasteiger partial charge in [-0.25, -0.2) is 0 Å². The molecule has 2 heterocycles. The van der Waals surface area contributed by atoms with Crippen molar-refractivity contribution in [3.63, 3.8) is 0 Å². The predicted octanol–water partition coefficient (Wildman–Crippen LogP) is 2.03. The van der Waals surface area contributed by atoms with Crippen LogP contribution in [0.1, 0.15) is 44.4 Å². The molecule has 0 saturated carbocycles. The van der Waals surface area contributed by atoms with Gasteiger partial charge in [0.2, 0.25) is 0 Å². The molecular formula is C20H24F3N3O4. The van der Waals surface area contributed by atoms with Gasteiger partial charge >= 0.3 is 6.18 Å². The zero-order valence-electron chi connectivity index (χ0n) is 17.0. The molecule has 0 radical (unpaired) electrons. The first-order valence-corrected chi connectivity index (χ1v) is 9.63. The first-order chi connectivity index (χ1) is 14.1. The van der Waals surface area contributed by atoms with Gasteiger partial charge in [-0.3, -0.25) is 24.2 Å². The van der Waals surface area contributed by atoms with E-state index in [1.54, 1.807) is 6.92 Å². The maximum Gasteiger partial charge on any atom is 0.405 e. The van der Waals surface area contributed by atoms with Crippen molar-refractivity contribution in [3.8, 4) is 0 Å². The number of carbonyl (C=O) groups excluding carboxylic acids is 3. The third-order valence-electron chi connectivity index (χ3n) is 5.68. The van der Waals surface area contributed by atoms with E-state index in [1.165, 1.54) is 37.3 Å². The number of ether oxygens (including phenoxy) is 1. The second kappa shape index (κ2) is 8.35. The topological polar surface area (TPSA) is 70.2 Å². The molecule has 1 saturated heterocycles. The standard InChI is InChI=1S/C20H24F3N3O4/c1-12-10-25(11-16(24(12)2)20(21,22)23)17(27)13-5-6-14-15(9-13)19(29)26(18(14)28)7-4-8-30-3/h5-6,9,12,16H,4,7-8,10-11H2,1-3H3. The zero-order chi connectivity index (χ0) is 22.2. The van der Waals surface area contributed by atoms with Gasteiger partial charge < -0.3 is 9.64 Å². The first kappa shape index (κ1) is 22.2. The molecule has 7 nitrogen and oxygen atoms in total. The highest BCUT2D eigenvalue weighted by Gasteiger charge is 2.48. The Bertz CT molecular complexity index is 858. The Morgan fingerprint density at radius 3 is 2.47 bits per heavy atom. The number of nitrogens with zero attached hydrogens (tertiary/aromatic N) is 3. The molecule has 164 valence electrons. The van der Waals surface area contributed by atoms with Crippen molar-refractivity contribution in [2.45, 2.75) is 31.6 Å². The summed E-state index contributed by atoms with van der Waals surface area (Å²) in [4.78, 5) is 41.5. The Balaban J connectivity index is 1.81. The highest BCUT2D eigenvalue weighted by atomic mass is 19.4. The van der Waals surface area contributed by atoms with Crippen molar-refractivity contribution in [2.24, 2.45) is 0 Å². The van der Waals surface area contributed by atoms with Crippen molar-refractivity contribution >= 4 is 17.7 Å². The van der Waals surface area contributed by atoms with E-state index < -0.39 is 42.5 Å². The Hall–Kier alpha value is -2.46. The lowest BCUT2D eigenvalue weighted by atomic mass is 10.0. The summed E-state index contributed by atoms with van der Waals surface area (Å²) < 4.78 is 45.1. The minimum atomic E-state index is -4.47. The van der Waals surface area contributed by atoms with Gasteiger partial charge in [-0.1, -0.05) is 0 Å². The molecule has 0 N–H and O–H groups in total. The number of hydrogen-bond donors (Lipinski definition) is 0. The summed E-state index contributed by atoms with van der Waals surface area (Å²) in [6, 6.07) is 1.83. The maximum absolute atomic E-state index is 13.4. The number of piperazine rings is 1. The fourth-order valence-corrected chi connectivity index (χ4v) is 3.84. The molecule has 3 amide bonds. The number of methoxy groups -OCH3 is 1. The molecule has 2 aliphatic heterocycles. The van der Waals surface area contributed by atoms with E-state index in [9.17, 15) is 27.6 Å². The Morgan fingerprint density at radius 2 is 1.83 bits per heavy atom. The summed E-state index contributed by atoms with van der Waals surface area (Å²) in [6.07, 6.45) is -3.99. The van der Waals surface area contributed by atoms with E-state index in [4.69, 9.17) is 4.74 Å². The molecule has 1 fully saturated rings. The van der Waals surface area contributed by atoms with Gasteiger partial charge in [0.1, 0.15) is 6.04 Å². The van der Waals surface area contributed by atoms with Crippen LogP contribution < -0.4 is 0 Å². The molecule has 2 aliphatic rings. The smallest absolute Gasteiger partial charge is 0.385 e. The summed E-state index contributed by atoms with van der Waals surface area (Å²) in [5, 5.41) is 0. The SMILES string of the molecule is COCCCN1C(=O)c2ccc(C(=O)N3CC(C)N(C)C(C(F)(F)F)C3)cc2C1=O. The van der Waals surface area contributed by atoms with Crippen LogP contribution in [0.4, 0.5) is 13.2 Å². The molecule has 2 unspecified atom stereocenters. The van der Waals surface area contributed by atoms with E-state index in [0.29, 0.717) is 13.0 Å². The fraction of sp³-hybridized carbons (Fsp3) is 0.550. The number of carbonyl (C=O) groups is 3. The normalized spacial score (nSPS) is 22.6. The van der Waals surface area contributed by atoms with Crippen LogP contribution in [-0.4, -0.2) is 91.1 Å². The summed E-state index contributed by atoms with van der Waals surface area (Å²) in [7, 11) is 2.91. The van der Waals surface area contributed by atoms with Crippen LogP contribution in [0.2, 0.25) is 0 Å². The molecular weight excluding hydrogens is 403 g/mol. The average Bonchev–Trinajstić information content (AvgIpc) is 2.93. The first-order valence-electron chi connectivity index (χ1n) is 9.63. The van der Waals surface area contributed by atoms with Crippen LogP contribution in [0.15, 0.2) is 18.2 Å². The van der Waals surface area contributed by atoms with Gasteiger partial charge in [0.15, 0.2) is 0 Å². The molecule has 0 aliphatic carbocycles. The van der Waals surface area contributed by atoms with Crippen molar-refractivity contribution < 1.29 is 32.3 Å². The highest BCUT2D eigenvalue weighted by molar-refractivity contribution is 6.22. The number of alkyl halides is 3. The predicted molar refractivity (Wildman–Crippen MR) is 101 cm³/mol. The number of amides is 3. The number of likely N-dealkylation sites (N-methyl/N-ethyl adjacent to an activating group) is 1. The molecule has 1 aromatic carbocycles. The number of imide groups is 1. The van der Waals surface area contributed by atoms with Crippen molar-refractivity contribution in [1.82, 2.24) is 14.7 Å². The quantitative estimate of drug-likeness (QED) is 0.531. The maximum atomic E-state index is 13.4. The lowest BCUT2D eigenvalue weighted by Gasteiger charge is -2.44. The molecule has 0 aromatic heterocycles. The third kappa shape index (κ3) is 4.06. The third-order valence-corrected chi connectivity index (χ3v) is 5.68. The van der Waals surface area contributed by atoms with Gasteiger partial charge in [0.05, 0.1) is 11.1 Å². The van der Waals surface area contributed by atoms with Gasteiger partial charge in [0, 0.05) is 45.0 Å². The average molecular weight is 427 g/mol. The van der Waals surface area contributed by atoms with Gasteiger partial charge in [-0.2, -0.15) is 13.2 Å². The van der Waals surface area contributed by atoms with Gasteiger partial charge in [0.25, 0.3) is 17.7 Å². The highest BCUT2D eigenvalue weighted by Crippen LogP contribution is 2.30. The number of halogens is 3. The summed E-state index contributed by atoms with van der Waals surface area (Å²) in [5.74, 6) is -1.55. The number of rotatable bonds is 5. The van der Waals surface area contributed by atoms with E-state index >= 15 is 0 Å². The lowest BCUT2D eigenvalue weighted by Crippen LogP contribution is -2.62. The molecule has 30 heavy (non-hydrogen) atoms. The molecule has 1 aromatic rings. The monoisotopic (exact) mass is 427 g/mol. The lowest BCUT2D eigenvalue weighted by molar-refractivity contribution is -0.197. The van der Waals surface area contributed by atoms with Gasteiger partial charge in [-0.05, 0) is 38.6 Å². The van der Waals surface area contributed by atoms with Crippen molar-refractivity contribution in [3.05, 3.63) is 34.9 Å². The van der Waals surface area contributed by atoms with Crippen LogP contribution in [0.5, 0.6) is 0 Å². The Morgan fingerprint density at radius 1 is 1.17 bits per heavy atom. The number of benzene rings is 1. The second-order valence-corrected chi connectivity index (χ2v) is 7.65. The van der Waals surface area contributed by atoms with Gasteiger partial charge in [-0.15, -0.1) is 0 Å². The molecule has 2 atom stereocenters. The summed E-state index contributed by atoms with van der Waals surface area (Å²) in [6.45, 7) is 1.85. The van der Waals surface area contributed by atoms with Crippen LogP contribution >= 0.6 is 0 Å². The molecule has 0 spiro atoms.